The summed E-state index contributed by atoms with van der Waals surface area (Å²) in [6, 6.07) is 11.3. The minimum absolute atomic E-state index is 0.240. The Balaban J connectivity index is 1.85. The van der Waals surface area contributed by atoms with Gasteiger partial charge in [0.25, 0.3) is 5.91 Å². The van der Waals surface area contributed by atoms with Gasteiger partial charge in [-0.15, -0.1) is 0 Å². The second-order valence-electron chi connectivity index (χ2n) is 5.69. The van der Waals surface area contributed by atoms with E-state index in [0.717, 1.165) is 6.07 Å². The van der Waals surface area contributed by atoms with Crippen LogP contribution in [0.3, 0.4) is 0 Å². The molecule has 1 amide bonds. The lowest BCUT2D eigenvalue weighted by Gasteiger charge is -2.26. The molecule has 0 fully saturated rings. The first-order valence-corrected chi connectivity index (χ1v) is 7.50. The zero-order chi connectivity index (χ0) is 16.6. The number of halogens is 2. The number of fused-ring (bicyclic) bond motifs is 1. The monoisotopic (exact) mass is 317 g/mol. The molecule has 0 radical (unpaired) electrons. The minimum Gasteiger partial charge on any atom is -0.481 e. The molecular formula is C18H17F2NO2. The van der Waals surface area contributed by atoms with Crippen molar-refractivity contribution in [3.63, 3.8) is 0 Å². The number of hydrogen-bond acceptors (Lipinski definition) is 2. The number of benzene rings is 2. The molecular weight excluding hydrogens is 300 g/mol. The van der Waals surface area contributed by atoms with E-state index in [1.165, 1.54) is 11.0 Å². The summed E-state index contributed by atoms with van der Waals surface area (Å²) in [6.07, 6.45) is -0.429. The first-order chi connectivity index (χ1) is 11.0. The number of rotatable bonds is 3. The van der Waals surface area contributed by atoms with Crippen molar-refractivity contribution >= 4 is 11.6 Å². The van der Waals surface area contributed by atoms with Crippen LogP contribution in [0.5, 0.6) is 5.75 Å². The number of anilines is 1. The second-order valence-corrected chi connectivity index (χ2v) is 5.69. The summed E-state index contributed by atoms with van der Waals surface area (Å²) in [7, 11) is 0. The Labute approximate surface area is 133 Å². The van der Waals surface area contributed by atoms with Gasteiger partial charge in [0.15, 0.2) is 17.7 Å². The van der Waals surface area contributed by atoms with Crippen molar-refractivity contribution in [2.75, 3.05) is 4.90 Å². The highest BCUT2D eigenvalue weighted by Crippen LogP contribution is 2.35. The Morgan fingerprint density at radius 3 is 2.61 bits per heavy atom. The third-order valence-electron chi connectivity index (χ3n) is 4.01. The number of ether oxygens (including phenoxy) is 1. The lowest BCUT2D eigenvalue weighted by atomic mass is 10.1. The van der Waals surface area contributed by atoms with E-state index in [1.807, 2.05) is 25.1 Å². The summed E-state index contributed by atoms with van der Waals surface area (Å²) in [6.45, 7) is 3.46. The molecule has 0 saturated heterocycles. The van der Waals surface area contributed by atoms with Crippen LogP contribution in [-0.4, -0.2) is 18.1 Å². The maximum absolute atomic E-state index is 13.9. The zero-order valence-corrected chi connectivity index (χ0v) is 12.9. The first-order valence-electron chi connectivity index (χ1n) is 7.50. The fourth-order valence-electron chi connectivity index (χ4n) is 2.91. The van der Waals surface area contributed by atoms with Gasteiger partial charge in [-0.3, -0.25) is 4.79 Å². The van der Waals surface area contributed by atoms with Crippen LogP contribution in [0, 0.1) is 11.6 Å². The highest BCUT2D eigenvalue weighted by atomic mass is 19.2. The van der Waals surface area contributed by atoms with Gasteiger partial charge in [0.1, 0.15) is 5.75 Å². The molecule has 0 aromatic heterocycles. The molecule has 120 valence electrons. The normalized spacial score (nSPS) is 17.7. The first kappa shape index (κ1) is 15.5. The molecule has 2 unspecified atom stereocenters. The Kier molecular flexibility index (Phi) is 4.03. The van der Waals surface area contributed by atoms with Crippen molar-refractivity contribution in [1.82, 2.24) is 0 Å². The molecule has 0 saturated carbocycles. The summed E-state index contributed by atoms with van der Waals surface area (Å²) in [4.78, 5) is 14.2. The molecule has 1 aliphatic heterocycles. The van der Waals surface area contributed by atoms with E-state index in [0.29, 0.717) is 17.9 Å². The molecule has 0 bridgehead atoms. The van der Waals surface area contributed by atoms with E-state index in [1.54, 1.807) is 19.1 Å². The Morgan fingerprint density at radius 2 is 1.91 bits per heavy atom. The van der Waals surface area contributed by atoms with Crippen LogP contribution < -0.4 is 9.64 Å². The van der Waals surface area contributed by atoms with Crippen molar-refractivity contribution in [2.45, 2.75) is 32.4 Å². The van der Waals surface area contributed by atoms with Crippen LogP contribution in [0.25, 0.3) is 0 Å². The summed E-state index contributed by atoms with van der Waals surface area (Å²) >= 11 is 0. The highest BCUT2D eigenvalue weighted by Gasteiger charge is 2.36. The molecule has 0 spiro atoms. The fraction of sp³-hybridized carbons (Fsp3) is 0.278. The highest BCUT2D eigenvalue weighted by molar-refractivity contribution is 5.99. The van der Waals surface area contributed by atoms with Crippen LogP contribution in [0.1, 0.15) is 19.4 Å². The maximum atomic E-state index is 13.9. The van der Waals surface area contributed by atoms with Crippen LogP contribution in [0.4, 0.5) is 14.5 Å². The van der Waals surface area contributed by atoms with Crippen molar-refractivity contribution in [3.8, 4) is 5.75 Å². The fourth-order valence-corrected chi connectivity index (χ4v) is 2.91. The van der Waals surface area contributed by atoms with Gasteiger partial charge in [0.2, 0.25) is 0 Å². The number of nitrogens with zero attached hydrogens (tertiary/aromatic N) is 1. The lowest BCUT2D eigenvalue weighted by molar-refractivity contribution is -0.124. The molecule has 5 heteroatoms. The number of amides is 1. The van der Waals surface area contributed by atoms with Gasteiger partial charge in [-0.2, -0.15) is 0 Å². The number of carbonyl (C=O) groups is 1. The minimum atomic E-state index is -0.890. The molecule has 2 atom stereocenters. The van der Waals surface area contributed by atoms with E-state index >= 15 is 0 Å². The van der Waals surface area contributed by atoms with Gasteiger partial charge in [0, 0.05) is 11.6 Å². The van der Waals surface area contributed by atoms with Crippen LogP contribution in [0.15, 0.2) is 42.5 Å². The molecule has 1 heterocycles. The number of hydrogen-bond donors (Lipinski definition) is 0. The van der Waals surface area contributed by atoms with Crippen LogP contribution in [-0.2, 0) is 11.2 Å². The Hall–Kier alpha value is -2.43. The molecule has 3 rings (SSSR count). The second kappa shape index (κ2) is 5.99. The van der Waals surface area contributed by atoms with Crippen molar-refractivity contribution < 1.29 is 18.3 Å². The van der Waals surface area contributed by atoms with Gasteiger partial charge >= 0.3 is 0 Å². The van der Waals surface area contributed by atoms with E-state index in [9.17, 15) is 13.6 Å². The molecule has 0 aliphatic carbocycles. The van der Waals surface area contributed by atoms with E-state index in [-0.39, 0.29) is 17.5 Å². The predicted molar refractivity (Wildman–Crippen MR) is 83.5 cm³/mol. The number of para-hydroxylation sites is 1. The Morgan fingerprint density at radius 1 is 1.22 bits per heavy atom. The smallest absolute Gasteiger partial charge is 0.268 e. The average molecular weight is 317 g/mol. The van der Waals surface area contributed by atoms with E-state index < -0.39 is 17.7 Å². The Bertz CT molecular complexity index is 733. The standard InChI is InChI=1S/C18H17F2NO2/c1-11-10-14-16(9-8-15(19)17(14)20)21(11)18(22)12(2)23-13-6-4-3-5-7-13/h3-9,11-12H,10H2,1-2H3. The molecule has 2 aromatic carbocycles. The van der Waals surface area contributed by atoms with Gasteiger partial charge < -0.3 is 9.64 Å². The summed E-state index contributed by atoms with van der Waals surface area (Å²) < 4.78 is 32.9. The van der Waals surface area contributed by atoms with Crippen LogP contribution in [0.2, 0.25) is 0 Å². The van der Waals surface area contributed by atoms with Gasteiger partial charge in [-0.1, -0.05) is 18.2 Å². The molecule has 2 aromatic rings. The predicted octanol–water partition coefficient (Wildman–Crippen LogP) is 3.71. The third-order valence-corrected chi connectivity index (χ3v) is 4.01. The quantitative estimate of drug-likeness (QED) is 0.864. The third kappa shape index (κ3) is 2.79. The van der Waals surface area contributed by atoms with Gasteiger partial charge in [-0.25, -0.2) is 8.78 Å². The van der Waals surface area contributed by atoms with Gasteiger partial charge in [0.05, 0.1) is 5.69 Å². The SMILES string of the molecule is CC(Oc1ccccc1)C(=O)N1c2ccc(F)c(F)c2CC1C. The average Bonchev–Trinajstić information content (AvgIpc) is 2.88. The summed E-state index contributed by atoms with van der Waals surface area (Å²) in [5.41, 5.74) is 0.669. The topological polar surface area (TPSA) is 29.5 Å². The van der Waals surface area contributed by atoms with Gasteiger partial charge in [-0.05, 0) is 44.5 Å². The van der Waals surface area contributed by atoms with Crippen molar-refractivity contribution in [3.05, 3.63) is 59.7 Å². The van der Waals surface area contributed by atoms with Crippen molar-refractivity contribution in [1.29, 1.82) is 0 Å². The molecule has 1 aliphatic rings. The maximum Gasteiger partial charge on any atom is 0.268 e. The van der Waals surface area contributed by atoms with E-state index in [4.69, 9.17) is 4.74 Å². The van der Waals surface area contributed by atoms with Crippen molar-refractivity contribution in [2.24, 2.45) is 0 Å². The summed E-state index contributed by atoms with van der Waals surface area (Å²) in [5, 5.41) is 0. The largest absolute Gasteiger partial charge is 0.481 e. The summed E-state index contributed by atoms with van der Waals surface area (Å²) in [5.74, 6) is -1.45. The van der Waals surface area contributed by atoms with Crippen LogP contribution >= 0.6 is 0 Å². The number of carbonyl (C=O) groups excluding carboxylic acids is 1. The molecule has 3 nitrogen and oxygen atoms in total. The lowest BCUT2D eigenvalue weighted by Crippen LogP contribution is -2.43. The molecule has 23 heavy (non-hydrogen) atoms. The molecule has 0 N–H and O–H groups in total. The van der Waals surface area contributed by atoms with E-state index in [2.05, 4.69) is 0 Å². The zero-order valence-electron chi connectivity index (χ0n) is 12.9.